The lowest BCUT2D eigenvalue weighted by Gasteiger charge is -2.04. The molecule has 0 aliphatic heterocycles. The van der Waals surface area contributed by atoms with Crippen LogP contribution in [0.5, 0.6) is 0 Å². The Morgan fingerprint density at radius 1 is 1.38 bits per heavy atom. The Labute approximate surface area is 105 Å². The van der Waals surface area contributed by atoms with Crippen molar-refractivity contribution in [2.45, 2.75) is 26.2 Å². The summed E-state index contributed by atoms with van der Waals surface area (Å²) in [7, 11) is 0. The molecule has 0 aliphatic carbocycles. The SMILES string of the molecule is CCCCc1c(Cl)cccc1Cl.NC(=O)O. The number of halogens is 2. The lowest BCUT2D eigenvalue weighted by atomic mass is 10.1. The smallest absolute Gasteiger partial charge is 0.402 e. The standard InChI is InChI=1S/C10H12Cl2.CH3NO2/c1-2-3-5-8-9(11)6-4-7-10(8)12;2-1(3)4/h4,6-7H,2-3,5H2,1H3;2H2,(H,3,4). The quantitative estimate of drug-likeness (QED) is 0.867. The van der Waals surface area contributed by atoms with Gasteiger partial charge in [-0.2, -0.15) is 0 Å². The number of nitrogens with two attached hydrogens (primary N) is 1. The van der Waals surface area contributed by atoms with Crippen molar-refractivity contribution in [3.05, 3.63) is 33.8 Å². The molecule has 0 saturated heterocycles. The van der Waals surface area contributed by atoms with Crippen molar-refractivity contribution in [2.24, 2.45) is 5.73 Å². The van der Waals surface area contributed by atoms with E-state index in [4.69, 9.17) is 33.1 Å². The van der Waals surface area contributed by atoms with Crippen molar-refractivity contribution in [3.63, 3.8) is 0 Å². The molecule has 90 valence electrons. The molecule has 0 saturated carbocycles. The second-order valence-electron chi connectivity index (χ2n) is 3.14. The molecule has 5 heteroatoms. The minimum atomic E-state index is -1.33. The molecule has 3 N–H and O–H groups in total. The van der Waals surface area contributed by atoms with Gasteiger partial charge in [0.05, 0.1) is 0 Å². The molecular weight excluding hydrogens is 249 g/mol. The van der Waals surface area contributed by atoms with E-state index in [0.717, 1.165) is 28.5 Å². The zero-order valence-electron chi connectivity index (χ0n) is 9.04. The van der Waals surface area contributed by atoms with Gasteiger partial charge in [-0.15, -0.1) is 0 Å². The fourth-order valence-corrected chi connectivity index (χ4v) is 1.71. The molecule has 3 nitrogen and oxygen atoms in total. The van der Waals surface area contributed by atoms with E-state index >= 15 is 0 Å². The average Bonchev–Trinajstić information content (AvgIpc) is 2.16. The van der Waals surface area contributed by atoms with E-state index in [9.17, 15) is 0 Å². The van der Waals surface area contributed by atoms with E-state index in [0.29, 0.717) is 0 Å². The van der Waals surface area contributed by atoms with Gasteiger partial charge in [0, 0.05) is 10.0 Å². The molecule has 1 rings (SSSR count). The van der Waals surface area contributed by atoms with Crippen molar-refractivity contribution in [2.75, 3.05) is 0 Å². The molecule has 0 bridgehead atoms. The van der Waals surface area contributed by atoms with Gasteiger partial charge >= 0.3 is 6.09 Å². The van der Waals surface area contributed by atoms with Gasteiger partial charge < -0.3 is 10.8 Å². The van der Waals surface area contributed by atoms with Crippen LogP contribution in [0.2, 0.25) is 10.0 Å². The normalized spacial score (nSPS) is 9.19. The molecule has 0 radical (unpaired) electrons. The third-order valence-corrected chi connectivity index (χ3v) is 2.55. The Morgan fingerprint density at radius 3 is 2.19 bits per heavy atom. The molecule has 0 heterocycles. The maximum Gasteiger partial charge on any atom is 0.402 e. The van der Waals surface area contributed by atoms with Crippen LogP contribution in [-0.4, -0.2) is 11.2 Å². The summed E-state index contributed by atoms with van der Waals surface area (Å²) in [5, 5.41) is 8.77. The molecule has 16 heavy (non-hydrogen) atoms. The average molecular weight is 264 g/mol. The van der Waals surface area contributed by atoms with Crippen LogP contribution in [0.25, 0.3) is 0 Å². The summed E-state index contributed by atoms with van der Waals surface area (Å²) < 4.78 is 0. The first-order valence-electron chi connectivity index (χ1n) is 4.90. The highest BCUT2D eigenvalue weighted by Gasteiger charge is 2.03. The van der Waals surface area contributed by atoms with Gasteiger partial charge in [-0.1, -0.05) is 42.6 Å². The van der Waals surface area contributed by atoms with Crippen LogP contribution < -0.4 is 5.73 Å². The van der Waals surface area contributed by atoms with Crippen LogP contribution in [0.3, 0.4) is 0 Å². The molecule has 0 aromatic heterocycles. The van der Waals surface area contributed by atoms with E-state index in [2.05, 4.69) is 12.7 Å². The van der Waals surface area contributed by atoms with Crippen molar-refractivity contribution >= 4 is 29.3 Å². The van der Waals surface area contributed by atoms with Gasteiger partial charge in [0.25, 0.3) is 0 Å². The van der Waals surface area contributed by atoms with Gasteiger partial charge in [-0.3, -0.25) is 0 Å². The van der Waals surface area contributed by atoms with E-state index < -0.39 is 6.09 Å². The highest BCUT2D eigenvalue weighted by Crippen LogP contribution is 2.25. The zero-order valence-corrected chi connectivity index (χ0v) is 10.6. The first-order chi connectivity index (χ1) is 7.49. The zero-order chi connectivity index (χ0) is 12.6. The van der Waals surface area contributed by atoms with Crippen LogP contribution in [-0.2, 0) is 6.42 Å². The van der Waals surface area contributed by atoms with Gasteiger partial charge in [-0.25, -0.2) is 4.79 Å². The Morgan fingerprint density at radius 2 is 1.81 bits per heavy atom. The summed E-state index contributed by atoms with van der Waals surface area (Å²) in [5.74, 6) is 0. The fourth-order valence-electron chi connectivity index (χ4n) is 1.12. The summed E-state index contributed by atoms with van der Waals surface area (Å²) in [5.41, 5.74) is 5.11. The molecular formula is C11H15Cl2NO2. The van der Waals surface area contributed by atoms with Crippen LogP contribution in [0.15, 0.2) is 18.2 Å². The van der Waals surface area contributed by atoms with E-state index in [-0.39, 0.29) is 0 Å². The first-order valence-corrected chi connectivity index (χ1v) is 5.65. The number of rotatable bonds is 3. The predicted molar refractivity (Wildman–Crippen MR) is 67.3 cm³/mol. The molecule has 1 aromatic carbocycles. The third kappa shape index (κ3) is 6.53. The summed E-state index contributed by atoms with van der Waals surface area (Å²) >= 11 is 12.0. The van der Waals surface area contributed by atoms with Gasteiger partial charge in [-0.05, 0) is 30.5 Å². The Hall–Kier alpha value is -0.930. The summed E-state index contributed by atoms with van der Waals surface area (Å²) in [4.78, 5) is 8.78. The molecule has 0 aliphatic rings. The topological polar surface area (TPSA) is 63.3 Å². The lowest BCUT2D eigenvalue weighted by molar-refractivity contribution is 0.205. The number of hydrogen-bond acceptors (Lipinski definition) is 1. The molecule has 0 spiro atoms. The third-order valence-electron chi connectivity index (χ3n) is 1.84. The molecule has 1 aromatic rings. The summed E-state index contributed by atoms with van der Waals surface area (Å²) in [6, 6.07) is 5.65. The first kappa shape index (κ1) is 15.1. The Kier molecular flexibility index (Phi) is 7.77. The number of amides is 1. The Balaban J connectivity index is 0.000000487. The number of hydrogen-bond donors (Lipinski definition) is 2. The van der Waals surface area contributed by atoms with Crippen molar-refractivity contribution < 1.29 is 9.90 Å². The van der Waals surface area contributed by atoms with E-state index in [1.807, 2.05) is 18.2 Å². The number of unbranched alkanes of at least 4 members (excludes halogenated alkanes) is 1. The van der Waals surface area contributed by atoms with Crippen molar-refractivity contribution in [1.29, 1.82) is 0 Å². The van der Waals surface area contributed by atoms with Gasteiger partial charge in [0.1, 0.15) is 0 Å². The number of primary amides is 1. The van der Waals surface area contributed by atoms with Crippen LogP contribution >= 0.6 is 23.2 Å². The number of benzene rings is 1. The highest BCUT2D eigenvalue weighted by atomic mass is 35.5. The Bertz CT molecular complexity index is 319. The molecule has 1 amide bonds. The predicted octanol–water partition coefficient (Wildman–Crippen LogP) is 3.96. The van der Waals surface area contributed by atoms with E-state index in [1.165, 1.54) is 6.42 Å². The van der Waals surface area contributed by atoms with Crippen molar-refractivity contribution in [3.8, 4) is 0 Å². The molecule has 0 unspecified atom stereocenters. The number of carboxylic acid groups (broad SMARTS) is 1. The maximum absolute atomic E-state index is 8.78. The monoisotopic (exact) mass is 263 g/mol. The molecule has 0 fully saturated rings. The summed E-state index contributed by atoms with van der Waals surface area (Å²) in [6.45, 7) is 2.16. The minimum Gasteiger partial charge on any atom is -0.465 e. The maximum atomic E-state index is 8.78. The fraction of sp³-hybridized carbons (Fsp3) is 0.364. The van der Waals surface area contributed by atoms with E-state index in [1.54, 1.807) is 0 Å². The second-order valence-corrected chi connectivity index (χ2v) is 3.96. The van der Waals surface area contributed by atoms with Crippen LogP contribution in [0.4, 0.5) is 4.79 Å². The minimum absolute atomic E-state index is 0.788. The lowest BCUT2D eigenvalue weighted by Crippen LogP contribution is -2.03. The van der Waals surface area contributed by atoms with Crippen LogP contribution in [0, 0.1) is 0 Å². The van der Waals surface area contributed by atoms with Crippen LogP contribution in [0.1, 0.15) is 25.3 Å². The van der Waals surface area contributed by atoms with Gasteiger partial charge in [0.2, 0.25) is 0 Å². The number of carbonyl (C=O) groups is 1. The van der Waals surface area contributed by atoms with Crippen molar-refractivity contribution in [1.82, 2.24) is 0 Å². The largest absolute Gasteiger partial charge is 0.465 e. The van der Waals surface area contributed by atoms with Gasteiger partial charge in [0.15, 0.2) is 0 Å². The second kappa shape index (κ2) is 8.25. The summed E-state index contributed by atoms with van der Waals surface area (Å²) in [6.07, 6.45) is 1.96. The molecule has 0 atom stereocenters. The highest BCUT2D eigenvalue weighted by molar-refractivity contribution is 6.35.